The summed E-state index contributed by atoms with van der Waals surface area (Å²) < 4.78 is 11.0. The van der Waals surface area contributed by atoms with E-state index in [-0.39, 0.29) is 35.8 Å². The lowest BCUT2D eigenvalue weighted by molar-refractivity contribution is 0.0972. The summed E-state index contributed by atoms with van der Waals surface area (Å²) in [5.74, 6) is 1.72. The number of nitrogens with zero attached hydrogens (tertiary/aromatic N) is 1. The van der Waals surface area contributed by atoms with E-state index in [1.54, 1.807) is 19.2 Å². The molecule has 0 bridgehead atoms. The molecule has 1 aliphatic rings. The molecule has 1 aromatic heterocycles. The molecule has 2 aromatic rings. The number of guanidine groups is 1. The van der Waals surface area contributed by atoms with Crippen LogP contribution in [0.1, 0.15) is 34.3 Å². The fourth-order valence-electron chi connectivity index (χ4n) is 2.63. The first-order valence-corrected chi connectivity index (χ1v) is 7.75. The molecule has 0 aliphatic carbocycles. The molecule has 4 N–H and O–H groups in total. The van der Waals surface area contributed by atoms with E-state index in [1.807, 2.05) is 24.3 Å². The first kappa shape index (κ1) is 19.1. The molecule has 1 aliphatic heterocycles. The number of hydrogen-bond donors (Lipinski definition) is 3. The number of benzene rings is 1. The Morgan fingerprint density at radius 2 is 2.12 bits per heavy atom. The zero-order valence-electron chi connectivity index (χ0n) is 13.8. The van der Waals surface area contributed by atoms with Crippen LogP contribution in [0.3, 0.4) is 0 Å². The maximum atomic E-state index is 11.0. The summed E-state index contributed by atoms with van der Waals surface area (Å²) in [5, 5.41) is 6.56. The van der Waals surface area contributed by atoms with E-state index in [0.717, 1.165) is 17.7 Å². The van der Waals surface area contributed by atoms with Crippen molar-refractivity contribution in [1.82, 2.24) is 10.6 Å². The van der Waals surface area contributed by atoms with Gasteiger partial charge < -0.3 is 25.5 Å². The monoisotopic (exact) mass is 456 g/mol. The third kappa shape index (κ3) is 4.65. The average molecular weight is 456 g/mol. The summed E-state index contributed by atoms with van der Waals surface area (Å²) in [5.41, 5.74) is 6.29. The molecule has 1 unspecified atom stereocenters. The molecule has 2 heterocycles. The normalized spacial score (nSPS) is 16.2. The highest BCUT2D eigenvalue weighted by Gasteiger charge is 2.21. The summed E-state index contributed by atoms with van der Waals surface area (Å²) in [6.45, 7) is 1.06. The number of rotatable bonds is 4. The second-order valence-corrected chi connectivity index (χ2v) is 5.43. The third-order valence-electron chi connectivity index (χ3n) is 3.83. The lowest BCUT2D eigenvalue weighted by atomic mass is 10.0. The first-order chi connectivity index (χ1) is 11.7. The van der Waals surface area contributed by atoms with Gasteiger partial charge in [0.25, 0.3) is 5.91 Å². The highest BCUT2D eigenvalue weighted by molar-refractivity contribution is 14.0. The van der Waals surface area contributed by atoms with Crippen LogP contribution in [0.25, 0.3) is 0 Å². The second kappa shape index (κ2) is 8.75. The Kier molecular flexibility index (Phi) is 6.68. The van der Waals surface area contributed by atoms with Crippen LogP contribution in [-0.4, -0.2) is 25.5 Å². The molecule has 3 rings (SSSR count). The van der Waals surface area contributed by atoms with E-state index in [4.69, 9.17) is 14.9 Å². The maximum Gasteiger partial charge on any atom is 0.284 e. The van der Waals surface area contributed by atoms with E-state index in [0.29, 0.717) is 24.9 Å². The van der Waals surface area contributed by atoms with Crippen LogP contribution < -0.4 is 21.1 Å². The lowest BCUT2D eigenvalue weighted by Gasteiger charge is -2.27. The minimum Gasteiger partial charge on any atom is -0.493 e. The molecule has 0 saturated heterocycles. The van der Waals surface area contributed by atoms with Gasteiger partial charge in [0.15, 0.2) is 11.7 Å². The quantitative estimate of drug-likeness (QED) is 0.372. The number of amides is 1. The summed E-state index contributed by atoms with van der Waals surface area (Å²) in [7, 11) is 1.71. The standard InChI is InChI=1S/C17H20N4O3.HI/c1-19-17(20-10-11-6-7-15(24-11)16(18)22)21-13-8-9-23-14-5-3-2-4-12(13)14;/h2-7,13H,8-10H2,1H3,(H2,18,22)(H2,19,20,21);1H. The molecule has 0 fully saturated rings. The van der Waals surface area contributed by atoms with Gasteiger partial charge in [0.2, 0.25) is 0 Å². The first-order valence-electron chi connectivity index (χ1n) is 7.75. The van der Waals surface area contributed by atoms with Gasteiger partial charge >= 0.3 is 0 Å². The Morgan fingerprint density at radius 3 is 2.84 bits per heavy atom. The number of aliphatic imine (C=N–C) groups is 1. The van der Waals surface area contributed by atoms with Crippen molar-refractivity contribution in [2.45, 2.75) is 19.0 Å². The zero-order valence-corrected chi connectivity index (χ0v) is 16.2. The summed E-state index contributed by atoms with van der Waals surface area (Å²) in [6, 6.07) is 11.4. The lowest BCUT2D eigenvalue weighted by Crippen LogP contribution is -2.40. The van der Waals surface area contributed by atoms with Crippen LogP contribution in [0.2, 0.25) is 0 Å². The maximum absolute atomic E-state index is 11.0. The number of carbonyl (C=O) groups excluding carboxylic acids is 1. The molecule has 25 heavy (non-hydrogen) atoms. The molecule has 0 radical (unpaired) electrons. The Labute approximate surface area is 163 Å². The molecule has 1 atom stereocenters. The van der Waals surface area contributed by atoms with Crippen LogP contribution in [0.4, 0.5) is 0 Å². The molecule has 134 valence electrons. The Morgan fingerprint density at radius 1 is 1.32 bits per heavy atom. The molecule has 0 spiro atoms. The Bertz CT molecular complexity index is 760. The largest absolute Gasteiger partial charge is 0.493 e. The van der Waals surface area contributed by atoms with Crippen molar-refractivity contribution < 1.29 is 13.9 Å². The number of para-hydroxylation sites is 1. The smallest absolute Gasteiger partial charge is 0.284 e. The average Bonchev–Trinajstić information content (AvgIpc) is 3.08. The van der Waals surface area contributed by atoms with Gasteiger partial charge in [-0.25, -0.2) is 0 Å². The van der Waals surface area contributed by atoms with Crippen LogP contribution in [0.15, 0.2) is 45.8 Å². The van der Waals surface area contributed by atoms with Crippen LogP contribution in [0.5, 0.6) is 5.75 Å². The highest BCUT2D eigenvalue weighted by atomic mass is 127. The van der Waals surface area contributed by atoms with Crippen LogP contribution in [0, 0.1) is 0 Å². The molecule has 1 aromatic carbocycles. The summed E-state index contributed by atoms with van der Waals surface area (Å²) in [4.78, 5) is 15.3. The number of carbonyl (C=O) groups is 1. The van der Waals surface area contributed by atoms with Crippen molar-refractivity contribution in [2.75, 3.05) is 13.7 Å². The number of ether oxygens (including phenoxy) is 1. The predicted molar refractivity (Wildman–Crippen MR) is 105 cm³/mol. The van der Waals surface area contributed by atoms with E-state index in [1.165, 1.54) is 0 Å². The van der Waals surface area contributed by atoms with Crippen molar-refractivity contribution in [2.24, 2.45) is 10.7 Å². The fraction of sp³-hybridized carbons (Fsp3) is 0.294. The Balaban J connectivity index is 0.00000225. The van der Waals surface area contributed by atoms with Gasteiger partial charge in [-0.1, -0.05) is 18.2 Å². The van der Waals surface area contributed by atoms with Gasteiger partial charge in [-0.15, -0.1) is 24.0 Å². The molecule has 7 nitrogen and oxygen atoms in total. The topological polar surface area (TPSA) is 102 Å². The minimum atomic E-state index is -0.581. The summed E-state index contributed by atoms with van der Waals surface area (Å²) in [6.07, 6.45) is 0.851. The Hall–Kier alpha value is -2.23. The number of primary amides is 1. The van der Waals surface area contributed by atoms with E-state index < -0.39 is 5.91 Å². The zero-order chi connectivity index (χ0) is 16.9. The summed E-state index contributed by atoms with van der Waals surface area (Å²) >= 11 is 0. The molecule has 8 heteroatoms. The number of nitrogens with two attached hydrogens (primary N) is 1. The molecule has 1 amide bonds. The second-order valence-electron chi connectivity index (χ2n) is 5.43. The van der Waals surface area contributed by atoms with Gasteiger partial charge in [-0.05, 0) is 18.2 Å². The molecule has 0 saturated carbocycles. The fourth-order valence-corrected chi connectivity index (χ4v) is 2.63. The van der Waals surface area contributed by atoms with Crippen molar-refractivity contribution in [3.05, 3.63) is 53.5 Å². The third-order valence-corrected chi connectivity index (χ3v) is 3.83. The van der Waals surface area contributed by atoms with E-state index >= 15 is 0 Å². The van der Waals surface area contributed by atoms with Crippen molar-refractivity contribution >= 4 is 35.8 Å². The number of furan rings is 1. The van der Waals surface area contributed by atoms with Gasteiger partial charge in [-0.3, -0.25) is 9.79 Å². The van der Waals surface area contributed by atoms with Crippen LogP contribution in [-0.2, 0) is 6.54 Å². The minimum absolute atomic E-state index is 0. The molecular weight excluding hydrogens is 435 g/mol. The number of hydrogen-bond acceptors (Lipinski definition) is 4. The van der Waals surface area contributed by atoms with Gasteiger partial charge in [-0.2, -0.15) is 0 Å². The highest BCUT2D eigenvalue weighted by Crippen LogP contribution is 2.31. The van der Waals surface area contributed by atoms with Crippen molar-refractivity contribution in [3.8, 4) is 5.75 Å². The predicted octanol–water partition coefficient (Wildman–Crippen LogP) is 2.19. The van der Waals surface area contributed by atoms with Crippen molar-refractivity contribution in [1.29, 1.82) is 0 Å². The number of nitrogens with one attached hydrogen (secondary N) is 2. The van der Waals surface area contributed by atoms with Gasteiger partial charge in [0, 0.05) is 19.0 Å². The van der Waals surface area contributed by atoms with Gasteiger partial charge in [0.05, 0.1) is 19.2 Å². The number of fused-ring (bicyclic) bond motifs is 1. The number of halogens is 1. The van der Waals surface area contributed by atoms with Crippen LogP contribution >= 0.6 is 24.0 Å². The SMILES string of the molecule is CN=C(NCc1ccc(C(N)=O)o1)NC1CCOc2ccccc21.I. The van der Waals surface area contributed by atoms with E-state index in [2.05, 4.69) is 15.6 Å². The van der Waals surface area contributed by atoms with Gasteiger partial charge in [0.1, 0.15) is 11.5 Å². The van der Waals surface area contributed by atoms with Crippen molar-refractivity contribution in [3.63, 3.8) is 0 Å². The molecular formula is C17H21IN4O3. The van der Waals surface area contributed by atoms with E-state index in [9.17, 15) is 4.79 Å².